The van der Waals surface area contributed by atoms with E-state index in [0.717, 1.165) is 45.6 Å². The normalized spacial score (nSPS) is 27.5. The predicted molar refractivity (Wildman–Crippen MR) is 65.1 cm³/mol. The van der Waals surface area contributed by atoms with E-state index in [4.69, 9.17) is 0 Å². The van der Waals surface area contributed by atoms with Gasteiger partial charge >= 0.3 is 0 Å². The second-order valence-electron chi connectivity index (χ2n) is 5.53. The molecule has 0 aromatic carbocycles. The molecule has 16 heavy (non-hydrogen) atoms. The third-order valence-electron chi connectivity index (χ3n) is 4.17. The zero-order valence-electron chi connectivity index (χ0n) is 10.4. The fraction of sp³-hybridized carbons (Fsp3) is 0.923. The lowest BCUT2D eigenvalue weighted by Crippen LogP contribution is -2.48. The van der Waals surface area contributed by atoms with E-state index in [1.165, 1.54) is 19.3 Å². The summed E-state index contributed by atoms with van der Waals surface area (Å²) in [5.74, 6) is 0. The summed E-state index contributed by atoms with van der Waals surface area (Å²) < 4.78 is 0. The van der Waals surface area contributed by atoms with Crippen molar-refractivity contribution in [2.45, 2.75) is 32.1 Å². The van der Waals surface area contributed by atoms with Crippen LogP contribution in [0.1, 0.15) is 32.1 Å². The Balaban J connectivity index is 1.89. The summed E-state index contributed by atoms with van der Waals surface area (Å²) in [6.45, 7) is 5.60. The smallest absolute Gasteiger partial charge is 0.0703 e. The highest BCUT2D eigenvalue weighted by Crippen LogP contribution is 2.36. The van der Waals surface area contributed by atoms with Crippen molar-refractivity contribution in [1.82, 2.24) is 9.80 Å². The minimum Gasteiger partial charge on any atom is -0.304 e. The van der Waals surface area contributed by atoms with Gasteiger partial charge in [0.2, 0.25) is 0 Å². The highest BCUT2D eigenvalue weighted by Gasteiger charge is 2.34. The summed E-state index contributed by atoms with van der Waals surface area (Å²) >= 11 is 0. The second kappa shape index (κ2) is 5.16. The van der Waals surface area contributed by atoms with E-state index in [-0.39, 0.29) is 5.41 Å². The maximum atomic E-state index is 9.44. The van der Waals surface area contributed by atoms with Crippen LogP contribution < -0.4 is 0 Å². The first kappa shape index (κ1) is 11.9. The van der Waals surface area contributed by atoms with Gasteiger partial charge < -0.3 is 4.90 Å². The van der Waals surface area contributed by atoms with Crippen molar-refractivity contribution in [2.75, 3.05) is 39.8 Å². The lowest BCUT2D eigenvalue weighted by atomic mass is 9.75. The van der Waals surface area contributed by atoms with Crippen molar-refractivity contribution in [3.05, 3.63) is 0 Å². The molecule has 0 unspecified atom stereocenters. The molecule has 0 N–H and O–H groups in total. The van der Waals surface area contributed by atoms with Crippen molar-refractivity contribution in [3.63, 3.8) is 0 Å². The lowest BCUT2D eigenvalue weighted by molar-refractivity contribution is 0.100. The molecule has 0 atom stereocenters. The van der Waals surface area contributed by atoms with Gasteiger partial charge in [0.15, 0.2) is 0 Å². The van der Waals surface area contributed by atoms with Crippen molar-refractivity contribution in [3.8, 4) is 6.07 Å². The molecule has 2 fully saturated rings. The summed E-state index contributed by atoms with van der Waals surface area (Å²) in [4.78, 5) is 4.87. The third kappa shape index (κ3) is 2.75. The highest BCUT2D eigenvalue weighted by molar-refractivity contribution is 5.02. The summed E-state index contributed by atoms with van der Waals surface area (Å²) in [5, 5.41) is 9.44. The molecule has 1 heterocycles. The van der Waals surface area contributed by atoms with Crippen molar-refractivity contribution < 1.29 is 0 Å². The Kier molecular flexibility index (Phi) is 3.83. The van der Waals surface area contributed by atoms with Gasteiger partial charge in [-0.1, -0.05) is 19.3 Å². The number of likely N-dealkylation sites (N-methyl/N-ethyl adjacent to an activating group) is 1. The van der Waals surface area contributed by atoms with Gasteiger partial charge in [0.1, 0.15) is 0 Å². The molecule has 3 heteroatoms. The predicted octanol–water partition coefficient (Wildman–Crippen LogP) is 1.71. The molecule has 0 bridgehead atoms. The number of rotatable bonds is 2. The molecule has 0 spiro atoms. The number of piperazine rings is 1. The maximum absolute atomic E-state index is 9.44. The minimum absolute atomic E-state index is 0.0197. The Morgan fingerprint density at radius 2 is 1.69 bits per heavy atom. The number of hydrogen-bond acceptors (Lipinski definition) is 3. The van der Waals surface area contributed by atoms with Gasteiger partial charge in [-0.2, -0.15) is 5.26 Å². The molecule has 2 aliphatic rings. The minimum atomic E-state index is -0.0197. The Bertz CT molecular complexity index is 255. The Hall–Kier alpha value is -0.590. The number of hydrogen-bond donors (Lipinski definition) is 0. The van der Waals surface area contributed by atoms with Gasteiger partial charge in [0, 0.05) is 32.7 Å². The van der Waals surface area contributed by atoms with Crippen molar-refractivity contribution in [1.29, 1.82) is 5.26 Å². The van der Waals surface area contributed by atoms with Crippen LogP contribution in [-0.2, 0) is 0 Å². The van der Waals surface area contributed by atoms with Crippen LogP contribution in [0.2, 0.25) is 0 Å². The average molecular weight is 221 g/mol. The molecule has 3 nitrogen and oxygen atoms in total. The quantitative estimate of drug-likeness (QED) is 0.711. The molecule has 0 amide bonds. The highest BCUT2D eigenvalue weighted by atomic mass is 15.2. The summed E-state index contributed by atoms with van der Waals surface area (Å²) in [6.07, 6.45) is 6.07. The Morgan fingerprint density at radius 1 is 1.06 bits per heavy atom. The molecule has 0 radical (unpaired) electrons. The van der Waals surface area contributed by atoms with Gasteiger partial charge in [-0.05, 0) is 19.9 Å². The summed E-state index contributed by atoms with van der Waals surface area (Å²) in [6, 6.07) is 2.62. The Morgan fingerprint density at radius 3 is 2.25 bits per heavy atom. The zero-order chi connectivity index (χ0) is 11.4. The van der Waals surface area contributed by atoms with Crippen molar-refractivity contribution >= 4 is 0 Å². The summed E-state index contributed by atoms with van der Waals surface area (Å²) in [5.41, 5.74) is -0.0197. The van der Waals surface area contributed by atoms with Crippen LogP contribution in [0.4, 0.5) is 0 Å². The molecule has 1 saturated heterocycles. The molecular formula is C13H23N3. The number of nitrogens with zero attached hydrogens (tertiary/aromatic N) is 3. The molecule has 0 aromatic rings. The van der Waals surface area contributed by atoms with E-state index in [9.17, 15) is 5.26 Å². The van der Waals surface area contributed by atoms with E-state index in [2.05, 4.69) is 22.9 Å². The summed E-state index contributed by atoms with van der Waals surface area (Å²) in [7, 11) is 2.18. The van der Waals surface area contributed by atoms with Crippen LogP contribution >= 0.6 is 0 Å². The van der Waals surface area contributed by atoms with E-state index in [0.29, 0.717) is 0 Å². The fourth-order valence-electron chi connectivity index (χ4n) is 2.97. The van der Waals surface area contributed by atoms with Crippen LogP contribution in [0.5, 0.6) is 0 Å². The van der Waals surface area contributed by atoms with Gasteiger partial charge in [-0.15, -0.1) is 0 Å². The van der Waals surface area contributed by atoms with Gasteiger partial charge in [-0.3, -0.25) is 4.90 Å². The second-order valence-corrected chi connectivity index (χ2v) is 5.53. The number of nitriles is 1. The SMILES string of the molecule is CN1CCN(CC2(C#N)CCCCC2)CC1. The van der Waals surface area contributed by atoms with Crippen LogP contribution in [-0.4, -0.2) is 49.6 Å². The standard InChI is InChI=1S/C13H23N3/c1-15-7-9-16(10-8-15)12-13(11-14)5-3-2-4-6-13/h2-10,12H2,1H3. The van der Waals surface area contributed by atoms with Gasteiger partial charge in [0.25, 0.3) is 0 Å². The molecule has 90 valence electrons. The Labute approximate surface area is 99.0 Å². The van der Waals surface area contributed by atoms with Gasteiger partial charge in [-0.25, -0.2) is 0 Å². The van der Waals surface area contributed by atoms with Crippen LogP contribution in [0.15, 0.2) is 0 Å². The topological polar surface area (TPSA) is 30.3 Å². The van der Waals surface area contributed by atoms with Crippen LogP contribution in [0.3, 0.4) is 0 Å². The third-order valence-corrected chi connectivity index (χ3v) is 4.17. The van der Waals surface area contributed by atoms with Crippen LogP contribution in [0.25, 0.3) is 0 Å². The van der Waals surface area contributed by atoms with Crippen LogP contribution in [0, 0.1) is 16.7 Å². The van der Waals surface area contributed by atoms with Crippen molar-refractivity contribution in [2.24, 2.45) is 5.41 Å². The monoisotopic (exact) mass is 221 g/mol. The maximum Gasteiger partial charge on any atom is 0.0703 e. The van der Waals surface area contributed by atoms with E-state index >= 15 is 0 Å². The molecule has 1 aliphatic heterocycles. The fourth-order valence-corrected chi connectivity index (χ4v) is 2.97. The average Bonchev–Trinajstić information content (AvgIpc) is 2.33. The first-order valence-electron chi connectivity index (χ1n) is 6.56. The first-order valence-corrected chi connectivity index (χ1v) is 6.56. The zero-order valence-corrected chi connectivity index (χ0v) is 10.4. The lowest BCUT2D eigenvalue weighted by Gasteiger charge is -2.39. The molecular weight excluding hydrogens is 198 g/mol. The van der Waals surface area contributed by atoms with E-state index in [1.807, 2.05) is 0 Å². The molecule has 1 saturated carbocycles. The molecule has 2 rings (SSSR count). The first-order chi connectivity index (χ1) is 7.74. The van der Waals surface area contributed by atoms with E-state index < -0.39 is 0 Å². The van der Waals surface area contributed by atoms with E-state index in [1.54, 1.807) is 0 Å². The molecule has 1 aliphatic carbocycles. The van der Waals surface area contributed by atoms with Gasteiger partial charge in [0.05, 0.1) is 11.5 Å². The largest absolute Gasteiger partial charge is 0.304 e. The molecule has 0 aromatic heterocycles.